The number of anilines is 1. The predicted octanol–water partition coefficient (Wildman–Crippen LogP) is 2.91. The standard InChI is InChI=1S/C12H11ClN2/c13-11-8-9(4-5-12(11)14)7-10-3-1-2-6-15-10/h1-6,8H,7,14H2. The van der Waals surface area contributed by atoms with Gasteiger partial charge in [0, 0.05) is 18.3 Å². The Balaban J connectivity index is 2.22. The maximum absolute atomic E-state index is 5.93. The Bertz CT molecular complexity index is 454. The van der Waals surface area contributed by atoms with Crippen molar-refractivity contribution in [1.82, 2.24) is 4.98 Å². The Morgan fingerprint density at radius 2 is 2.07 bits per heavy atom. The molecule has 0 radical (unpaired) electrons. The quantitative estimate of drug-likeness (QED) is 0.788. The molecule has 3 heteroatoms. The molecule has 0 amide bonds. The van der Waals surface area contributed by atoms with Crippen molar-refractivity contribution in [2.45, 2.75) is 6.42 Å². The predicted molar refractivity (Wildman–Crippen MR) is 62.9 cm³/mol. The van der Waals surface area contributed by atoms with E-state index in [4.69, 9.17) is 17.3 Å². The minimum atomic E-state index is 0.600. The Hall–Kier alpha value is -1.54. The van der Waals surface area contributed by atoms with Gasteiger partial charge >= 0.3 is 0 Å². The number of nitrogen functional groups attached to an aromatic ring is 1. The van der Waals surface area contributed by atoms with Gasteiger partial charge in [-0.2, -0.15) is 0 Å². The van der Waals surface area contributed by atoms with Crippen LogP contribution in [0.2, 0.25) is 5.02 Å². The van der Waals surface area contributed by atoms with Gasteiger partial charge in [-0.15, -0.1) is 0 Å². The summed E-state index contributed by atoms with van der Waals surface area (Å²) in [5.74, 6) is 0. The van der Waals surface area contributed by atoms with Gasteiger partial charge in [0.2, 0.25) is 0 Å². The van der Waals surface area contributed by atoms with Gasteiger partial charge in [-0.25, -0.2) is 0 Å². The molecule has 0 saturated carbocycles. The van der Waals surface area contributed by atoms with Crippen molar-refractivity contribution < 1.29 is 0 Å². The molecule has 0 spiro atoms. The van der Waals surface area contributed by atoms with E-state index in [0.29, 0.717) is 10.7 Å². The summed E-state index contributed by atoms with van der Waals surface area (Å²) in [6.45, 7) is 0. The molecule has 0 aliphatic rings. The van der Waals surface area contributed by atoms with Gasteiger partial charge in [0.05, 0.1) is 10.7 Å². The Morgan fingerprint density at radius 1 is 1.20 bits per heavy atom. The van der Waals surface area contributed by atoms with E-state index in [2.05, 4.69) is 4.98 Å². The van der Waals surface area contributed by atoms with Crippen LogP contribution in [-0.4, -0.2) is 4.98 Å². The fraction of sp³-hybridized carbons (Fsp3) is 0.0833. The van der Waals surface area contributed by atoms with Crippen LogP contribution < -0.4 is 5.73 Å². The maximum Gasteiger partial charge on any atom is 0.0638 e. The van der Waals surface area contributed by atoms with Gasteiger partial charge < -0.3 is 5.73 Å². The summed E-state index contributed by atoms with van der Waals surface area (Å²) >= 11 is 5.93. The second-order valence-corrected chi connectivity index (χ2v) is 3.76. The lowest BCUT2D eigenvalue weighted by atomic mass is 10.1. The summed E-state index contributed by atoms with van der Waals surface area (Å²) < 4.78 is 0. The van der Waals surface area contributed by atoms with Crippen LogP contribution in [0, 0.1) is 0 Å². The number of nitrogens with two attached hydrogens (primary N) is 1. The lowest BCUT2D eigenvalue weighted by Gasteiger charge is -2.03. The van der Waals surface area contributed by atoms with Crippen molar-refractivity contribution in [3.05, 3.63) is 58.9 Å². The van der Waals surface area contributed by atoms with E-state index in [0.717, 1.165) is 17.7 Å². The molecular formula is C12H11ClN2. The van der Waals surface area contributed by atoms with Crippen molar-refractivity contribution >= 4 is 17.3 Å². The Kier molecular flexibility index (Phi) is 2.88. The summed E-state index contributed by atoms with van der Waals surface area (Å²) in [4.78, 5) is 4.25. The molecule has 2 N–H and O–H groups in total. The maximum atomic E-state index is 5.93. The molecule has 1 aromatic carbocycles. The number of aromatic nitrogens is 1. The van der Waals surface area contributed by atoms with Crippen molar-refractivity contribution in [1.29, 1.82) is 0 Å². The smallest absolute Gasteiger partial charge is 0.0638 e. The Labute approximate surface area is 93.7 Å². The highest BCUT2D eigenvalue weighted by Crippen LogP contribution is 2.20. The number of hydrogen-bond acceptors (Lipinski definition) is 2. The van der Waals surface area contributed by atoms with Crippen LogP contribution in [0.1, 0.15) is 11.3 Å². The van der Waals surface area contributed by atoms with Gasteiger partial charge in [-0.1, -0.05) is 23.7 Å². The van der Waals surface area contributed by atoms with Gasteiger partial charge in [-0.05, 0) is 29.8 Å². The molecule has 0 saturated heterocycles. The fourth-order valence-corrected chi connectivity index (χ4v) is 1.60. The highest BCUT2D eigenvalue weighted by atomic mass is 35.5. The first kappa shape index (κ1) is 9.99. The van der Waals surface area contributed by atoms with Crippen LogP contribution >= 0.6 is 11.6 Å². The first-order valence-corrected chi connectivity index (χ1v) is 5.07. The fourth-order valence-electron chi connectivity index (χ4n) is 1.39. The largest absolute Gasteiger partial charge is 0.398 e. The Morgan fingerprint density at radius 3 is 2.73 bits per heavy atom. The zero-order valence-electron chi connectivity index (χ0n) is 8.15. The summed E-state index contributed by atoms with van der Waals surface area (Å²) in [7, 11) is 0. The highest BCUT2D eigenvalue weighted by Gasteiger charge is 2.00. The topological polar surface area (TPSA) is 38.9 Å². The van der Waals surface area contributed by atoms with Crippen LogP contribution in [0.25, 0.3) is 0 Å². The SMILES string of the molecule is Nc1ccc(Cc2ccccn2)cc1Cl. The third-order valence-corrected chi connectivity index (χ3v) is 2.50. The molecule has 2 rings (SSSR count). The van der Waals surface area contributed by atoms with E-state index in [1.54, 1.807) is 6.20 Å². The number of benzene rings is 1. The molecule has 1 heterocycles. The van der Waals surface area contributed by atoms with E-state index in [1.165, 1.54) is 0 Å². The number of rotatable bonds is 2. The van der Waals surface area contributed by atoms with Crippen LogP contribution in [-0.2, 0) is 6.42 Å². The van der Waals surface area contributed by atoms with E-state index in [1.807, 2.05) is 36.4 Å². The normalized spacial score (nSPS) is 10.2. The molecule has 0 bridgehead atoms. The first-order chi connectivity index (χ1) is 7.25. The van der Waals surface area contributed by atoms with Gasteiger partial charge in [-0.3, -0.25) is 4.98 Å². The van der Waals surface area contributed by atoms with E-state index >= 15 is 0 Å². The second-order valence-electron chi connectivity index (χ2n) is 3.35. The summed E-state index contributed by atoms with van der Waals surface area (Å²) in [6.07, 6.45) is 2.56. The minimum absolute atomic E-state index is 0.600. The lowest BCUT2D eigenvalue weighted by molar-refractivity contribution is 1.07. The van der Waals surface area contributed by atoms with E-state index in [-0.39, 0.29) is 0 Å². The zero-order chi connectivity index (χ0) is 10.7. The monoisotopic (exact) mass is 218 g/mol. The molecule has 0 aliphatic heterocycles. The van der Waals surface area contributed by atoms with Crippen LogP contribution in [0.3, 0.4) is 0 Å². The summed E-state index contributed by atoms with van der Waals surface area (Å²) in [6, 6.07) is 11.5. The van der Waals surface area contributed by atoms with Crippen LogP contribution in [0.5, 0.6) is 0 Å². The van der Waals surface area contributed by atoms with Gasteiger partial charge in [0.25, 0.3) is 0 Å². The third kappa shape index (κ3) is 2.48. The molecule has 0 fully saturated rings. The molecule has 76 valence electrons. The molecule has 1 aromatic heterocycles. The van der Waals surface area contributed by atoms with Crippen LogP contribution in [0.15, 0.2) is 42.6 Å². The lowest BCUT2D eigenvalue weighted by Crippen LogP contribution is -1.93. The number of halogens is 1. The average Bonchev–Trinajstić information content (AvgIpc) is 2.25. The van der Waals surface area contributed by atoms with Crippen molar-refractivity contribution in [2.24, 2.45) is 0 Å². The minimum Gasteiger partial charge on any atom is -0.398 e. The molecular weight excluding hydrogens is 208 g/mol. The number of pyridine rings is 1. The molecule has 2 aromatic rings. The van der Waals surface area contributed by atoms with Crippen molar-refractivity contribution in [2.75, 3.05) is 5.73 Å². The molecule has 0 unspecified atom stereocenters. The number of hydrogen-bond donors (Lipinski definition) is 1. The summed E-state index contributed by atoms with van der Waals surface area (Å²) in [5.41, 5.74) is 8.39. The van der Waals surface area contributed by atoms with E-state index < -0.39 is 0 Å². The number of nitrogens with zero attached hydrogens (tertiary/aromatic N) is 1. The molecule has 2 nitrogen and oxygen atoms in total. The average molecular weight is 219 g/mol. The zero-order valence-corrected chi connectivity index (χ0v) is 8.91. The molecule has 15 heavy (non-hydrogen) atoms. The van der Waals surface area contributed by atoms with Crippen molar-refractivity contribution in [3.63, 3.8) is 0 Å². The molecule has 0 atom stereocenters. The summed E-state index contributed by atoms with van der Waals surface area (Å²) in [5, 5.41) is 0.600. The van der Waals surface area contributed by atoms with Crippen LogP contribution in [0.4, 0.5) is 5.69 Å². The first-order valence-electron chi connectivity index (χ1n) is 4.69. The van der Waals surface area contributed by atoms with Crippen molar-refractivity contribution in [3.8, 4) is 0 Å². The highest BCUT2D eigenvalue weighted by molar-refractivity contribution is 6.33. The second kappa shape index (κ2) is 4.32. The van der Waals surface area contributed by atoms with E-state index in [9.17, 15) is 0 Å². The van der Waals surface area contributed by atoms with Gasteiger partial charge in [0.1, 0.15) is 0 Å². The third-order valence-electron chi connectivity index (χ3n) is 2.18. The molecule has 0 aliphatic carbocycles. The van der Waals surface area contributed by atoms with Gasteiger partial charge in [0.15, 0.2) is 0 Å².